The lowest BCUT2D eigenvalue weighted by molar-refractivity contribution is 0.0950. The molecule has 29 heavy (non-hydrogen) atoms. The summed E-state index contributed by atoms with van der Waals surface area (Å²) in [5, 5.41) is 10.1. The van der Waals surface area contributed by atoms with Crippen LogP contribution in [0.3, 0.4) is 0 Å². The fourth-order valence-electron chi connectivity index (χ4n) is 3.13. The van der Waals surface area contributed by atoms with E-state index in [4.69, 9.17) is 5.73 Å². The van der Waals surface area contributed by atoms with Gasteiger partial charge in [0.2, 0.25) is 0 Å². The van der Waals surface area contributed by atoms with Crippen molar-refractivity contribution in [2.24, 2.45) is 5.73 Å². The number of nitrogens with two attached hydrogens (primary N) is 1. The lowest BCUT2D eigenvalue weighted by atomic mass is 10.1. The molecular weight excluding hydrogens is 366 g/mol. The van der Waals surface area contributed by atoms with Crippen LogP contribution in [0, 0.1) is 13.8 Å². The third-order valence-electron chi connectivity index (χ3n) is 4.82. The Hall–Kier alpha value is -3.61. The molecule has 7 heteroatoms. The van der Waals surface area contributed by atoms with Crippen molar-refractivity contribution in [3.8, 4) is 0 Å². The summed E-state index contributed by atoms with van der Waals surface area (Å²) in [6, 6.07) is 16.6. The highest BCUT2D eigenvalue weighted by molar-refractivity contribution is 5.94. The quantitative estimate of drug-likeness (QED) is 0.577. The molecule has 0 unspecified atom stereocenters. The molecule has 0 saturated heterocycles. The Morgan fingerprint density at radius 1 is 0.931 bits per heavy atom. The third kappa shape index (κ3) is 5.22. The van der Waals surface area contributed by atoms with Crippen molar-refractivity contribution in [2.75, 3.05) is 0 Å². The average molecular weight is 391 g/mol. The number of carbonyl (C=O) groups excluding carboxylic acids is 2. The van der Waals surface area contributed by atoms with E-state index in [1.165, 1.54) is 5.56 Å². The number of nitrogens with zero attached hydrogens (tertiary/aromatic N) is 2. The topological polar surface area (TPSA) is 102 Å². The first kappa shape index (κ1) is 20.1. The van der Waals surface area contributed by atoms with Gasteiger partial charge in [-0.2, -0.15) is 5.10 Å². The monoisotopic (exact) mass is 391 g/mol. The van der Waals surface area contributed by atoms with Gasteiger partial charge in [-0.25, -0.2) is 4.79 Å². The van der Waals surface area contributed by atoms with Gasteiger partial charge in [0.25, 0.3) is 5.91 Å². The second kappa shape index (κ2) is 9.05. The van der Waals surface area contributed by atoms with E-state index in [1.54, 1.807) is 24.3 Å². The van der Waals surface area contributed by atoms with Gasteiger partial charge in [0.1, 0.15) is 0 Å². The van der Waals surface area contributed by atoms with Gasteiger partial charge in [-0.05, 0) is 37.1 Å². The van der Waals surface area contributed by atoms with E-state index in [-0.39, 0.29) is 5.91 Å². The number of aromatic nitrogens is 2. The Kier molecular flexibility index (Phi) is 6.29. The molecule has 150 valence electrons. The second-order valence-corrected chi connectivity index (χ2v) is 6.89. The molecule has 0 bridgehead atoms. The maximum absolute atomic E-state index is 12.5. The minimum Gasteiger partial charge on any atom is -0.352 e. The molecule has 2 aromatic carbocycles. The molecule has 0 spiro atoms. The number of benzene rings is 2. The summed E-state index contributed by atoms with van der Waals surface area (Å²) in [4.78, 5) is 23.3. The van der Waals surface area contributed by atoms with Crippen molar-refractivity contribution in [3.63, 3.8) is 0 Å². The molecule has 3 amide bonds. The van der Waals surface area contributed by atoms with Crippen LogP contribution >= 0.6 is 0 Å². The van der Waals surface area contributed by atoms with Crippen LogP contribution in [0.5, 0.6) is 0 Å². The van der Waals surface area contributed by atoms with Crippen LogP contribution in [-0.4, -0.2) is 21.7 Å². The average Bonchev–Trinajstić information content (AvgIpc) is 2.98. The van der Waals surface area contributed by atoms with E-state index >= 15 is 0 Å². The van der Waals surface area contributed by atoms with Gasteiger partial charge >= 0.3 is 6.03 Å². The van der Waals surface area contributed by atoms with E-state index < -0.39 is 6.03 Å². The fourth-order valence-corrected chi connectivity index (χ4v) is 3.13. The highest BCUT2D eigenvalue weighted by Crippen LogP contribution is 2.15. The summed E-state index contributed by atoms with van der Waals surface area (Å²) in [6.07, 6.45) is 0. The number of hydrogen-bond acceptors (Lipinski definition) is 3. The number of amides is 3. The van der Waals surface area contributed by atoms with Crippen LogP contribution in [0.2, 0.25) is 0 Å². The maximum Gasteiger partial charge on any atom is 0.312 e. The van der Waals surface area contributed by atoms with Crippen molar-refractivity contribution in [3.05, 3.63) is 88.2 Å². The SMILES string of the molecule is Cc1nn(Cc2ccccc2)c(C)c1CNC(=O)c1ccc(CNC(N)=O)cc1. The minimum absolute atomic E-state index is 0.158. The molecule has 0 atom stereocenters. The molecule has 3 rings (SSSR count). The Morgan fingerprint density at radius 2 is 1.62 bits per heavy atom. The van der Waals surface area contributed by atoms with Crippen LogP contribution < -0.4 is 16.4 Å². The predicted octanol–water partition coefficient (Wildman–Crippen LogP) is 2.65. The lowest BCUT2D eigenvalue weighted by Crippen LogP contribution is -2.28. The molecule has 4 N–H and O–H groups in total. The highest BCUT2D eigenvalue weighted by Gasteiger charge is 2.13. The van der Waals surface area contributed by atoms with Crippen LogP contribution in [0.15, 0.2) is 54.6 Å². The van der Waals surface area contributed by atoms with Crippen molar-refractivity contribution < 1.29 is 9.59 Å². The van der Waals surface area contributed by atoms with Gasteiger partial charge in [-0.1, -0.05) is 42.5 Å². The standard InChI is InChI=1S/C22H25N5O2/c1-15-20(16(2)27(26-15)14-18-6-4-3-5-7-18)13-24-21(28)19-10-8-17(9-11-19)12-25-22(23)29/h3-11H,12-14H2,1-2H3,(H,24,28)(H3,23,25,29). The Balaban J connectivity index is 1.62. The number of rotatable bonds is 7. The van der Waals surface area contributed by atoms with Crippen molar-refractivity contribution in [2.45, 2.75) is 33.5 Å². The number of nitrogens with one attached hydrogen (secondary N) is 2. The molecule has 7 nitrogen and oxygen atoms in total. The molecular formula is C22H25N5O2. The lowest BCUT2D eigenvalue weighted by Gasteiger charge is -2.08. The molecule has 1 heterocycles. The molecule has 0 radical (unpaired) electrons. The first-order valence-electron chi connectivity index (χ1n) is 9.41. The van der Waals surface area contributed by atoms with Crippen molar-refractivity contribution in [1.29, 1.82) is 0 Å². The van der Waals surface area contributed by atoms with E-state index in [0.29, 0.717) is 25.2 Å². The molecule has 0 aliphatic rings. The van der Waals surface area contributed by atoms with Gasteiger partial charge in [0.05, 0.1) is 12.2 Å². The van der Waals surface area contributed by atoms with E-state index in [2.05, 4.69) is 27.9 Å². The Labute approximate surface area is 169 Å². The van der Waals surface area contributed by atoms with E-state index in [9.17, 15) is 9.59 Å². The summed E-state index contributed by atoms with van der Waals surface area (Å²) in [5.74, 6) is -0.158. The minimum atomic E-state index is -0.578. The largest absolute Gasteiger partial charge is 0.352 e. The Bertz CT molecular complexity index is 994. The summed E-state index contributed by atoms with van der Waals surface area (Å²) < 4.78 is 1.96. The molecule has 0 saturated carbocycles. The molecule has 0 fully saturated rings. The highest BCUT2D eigenvalue weighted by atomic mass is 16.2. The van der Waals surface area contributed by atoms with Gasteiger partial charge in [0, 0.05) is 29.9 Å². The van der Waals surface area contributed by atoms with E-state index in [0.717, 1.165) is 22.5 Å². The summed E-state index contributed by atoms with van der Waals surface area (Å²) in [6.45, 7) is 5.41. The number of hydrogen-bond donors (Lipinski definition) is 3. The van der Waals surface area contributed by atoms with Crippen LogP contribution in [-0.2, 0) is 19.6 Å². The predicted molar refractivity (Wildman–Crippen MR) is 111 cm³/mol. The molecule has 0 aliphatic heterocycles. The van der Waals surface area contributed by atoms with Crippen LogP contribution in [0.25, 0.3) is 0 Å². The van der Waals surface area contributed by atoms with Gasteiger partial charge in [-0.15, -0.1) is 0 Å². The normalized spacial score (nSPS) is 10.6. The zero-order chi connectivity index (χ0) is 20.8. The Morgan fingerprint density at radius 3 is 2.28 bits per heavy atom. The van der Waals surface area contributed by atoms with Gasteiger partial charge in [0.15, 0.2) is 0 Å². The van der Waals surface area contributed by atoms with Crippen LogP contribution in [0.4, 0.5) is 4.79 Å². The molecule has 1 aromatic heterocycles. The van der Waals surface area contributed by atoms with Gasteiger partial charge < -0.3 is 16.4 Å². The first-order valence-corrected chi connectivity index (χ1v) is 9.41. The summed E-state index contributed by atoms with van der Waals surface area (Å²) in [5.41, 5.74) is 10.6. The maximum atomic E-state index is 12.5. The summed E-state index contributed by atoms with van der Waals surface area (Å²) in [7, 11) is 0. The fraction of sp³-hybridized carbons (Fsp3) is 0.227. The zero-order valence-electron chi connectivity index (χ0n) is 16.6. The number of urea groups is 1. The number of aryl methyl sites for hydroxylation is 1. The smallest absolute Gasteiger partial charge is 0.312 e. The number of carbonyl (C=O) groups is 2. The summed E-state index contributed by atoms with van der Waals surface area (Å²) >= 11 is 0. The van der Waals surface area contributed by atoms with Crippen LogP contribution in [0.1, 0.15) is 38.4 Å². The van der Waals surface area contributed by atoms with E-state index in [1.807, 2.05) is 36.7 Å². The van der Waals surface area contributed by atoms with Gasteiger partial charge in [-0.3, -0.25) is 9.48 Å². The second-order valence-electron chi connectivity index (χ2n) is 6.89. The molecule has 3 aromatic rings. The number of primary amides is 1. The third-order valence-corrected chi connectivity index (χ3v) is 4.82. The zero-order valence-corrected chi connectivity index (χ0v) is 16.6. The molecule has 0 aliphatic carbocycles. The van der Waals surface area contributed by atoms with Crippen molar-refractivity contribution in [1.82, 2.24) is 20.4 Å². The first-order chi connectivity index (χ1) is 13.9. The van der Waals surface area contributed by atoms with Crippen molar-refractivity contribution >= 4 is 11.9 Å².